The first-order chi connectivity index (χ1) is 11.0. The number of carbonyl (C=O) groups is 3. The number of benzene rings is 1. The molecule has 0 saturated carbocycles. The van der Waals surface area contributed by atoms with Crippen molar-refractivity contribution < 1.29 is 14.4 Å². The van der Waals surface area contributed by atoms with Gasteiger partial charge in [0.1, 0.15) is 0 Å². The topological polar surface area (TPSA) is 92.5 Å². The summed E-state index contributed by atoms with van der Waals surface area (Å²) in [5.74, 6) is -0.879. The molecule has 0 spiro atoms. The Morgan fingerprint density at radius 1 is 1.35 bits per heavy atom. The molecule has 1 aromatic carbocycles. The molecule has 2 aliphatic heterocycles. The lowest BCUT2D eigenvalue weighted by atomic mass is 9.97. The number of rotatable bonds is 3. The maximum Gasteiger partial charge on any atom is 0.238 e. The largest absolute Gasteiger partial charge is 0.369 e. The van der Waals surface area contributed by atoms with E-state index in [1.165, 1.54) is 11.8 Å². The normalized spacial score (nSPS) is 23.8. The molecule has 6 nitrogen and oxygen atoms in total. The number of hydrogen-bond donors (Lipinski definition) is 2. The molecule has 122 valence electrons. The van der Waals surface area contributed by atoms with Gasteiger partial charge in [0.15, 0.2) is 0 Å². The highest BCUT2D eigenvalue weighted by atomic mass is 32.2. The van der Waals surface area contributed by atoms with Gasteiger partial charge in [-0.25, -0.2) is 0 Å². The van der Waals surface area contributed by atoms with Gasteiger partial charge in [-0.05, 0) is 25.0 Å². The van der Waals surface area contributed by atoms with Crippen LogP contribution in [0.1, 0.15) is 19.3 Å². The molecule has 2 heterocycles. The van der Waals surface area contributed by atoms with Crippen molar-refractivity contribution in [1.29, 1.82) is 0 Å². The van der Waals surface area contributed by atoms with Crippen molar-refractivity contribution >= 4 is 35.2 Å². The summed E-state index contributed by atoms with van der Waals surface area (Å²) in [5.41, 5.74) is 6.13. The van der Waals surface area contributed by atoms with Crippen LogP contribution in [0.15, 0.2) is 29.2 Å². The van der Waals surface area contributed by atoms with Crippen molar-refractivity contribution in [2.45, 2.75) is 29.4 Å². The maximum absolute atomic E-state index is 12.5. The van der Waals surface area contributed by atoms with Crippen LogP contribution < -0.4 is 11.1 Å². The Hall–Kier alpha value is -2.02. The highest BCUT2D eigenvalue weighted by Gasteiger charge is 2.32. The number of likely N-dealkylation sites (tertiary alicyclic amines) is 1. The predicted octanol–water partition coefficient (Wildman–Crippen LogP) is 1.21. The first-order valence-corrected chi connectivity index (χ1v) is 8.56. The lowest BCUT2D eigenvalue weighted by Gasteiger charge is -2.32. The highest BCUT2D eigenvalue weighted by molar-refractivity contribution is 8.01. The Bertz CT molecular complexity index is 649. The van der Waals surface area contributed by atoms with Crippen molar-refractivity contribution in [2.24, 2.45) is 11.7 Å². The second-order valence-electron chi connectivity index (χ2n) is 5.88. The zero-order valence-electron chi connectivity index (χ0n) is 12.7. The number of fused-ring (bicyclic) bond motifs is 1. The van der Waals surface area contributed by atoms with Gasteiger partial charge in [-0.2, -0.15) is 0 Å². The van der Waals surface area contributed by atoms with E-state index in [0.717, 1.165) is 23.4 Å². The van der Waals surface area contributed by atoms with Crippen LogP contribution in [-0.4, -0.2) is 41.0 Å². The third-order valence-corrected chi connectivity index (χ3v) is 5.52. The fourth-order valence-corrected chi connectivity index (χ4v) is 4.05. The van der Waals surface area contributed by atoms with E-state index in [2.05, 4.69) is 5.32 Å². The van der Waals surface area contributed by atoms with E-state index in [1.54, 1.807) is 4.90 Å². The molecule has 0 radical (unpaired) electrons. The number of anilines is 1. The molecule has 23 heavy (non-hydrogen) atoms. The third-order valence-electron chi connectivity index (χ3n) is 4.24. The molecule has 7 heteroatoms. The molecule has 1 aromatic rings. The molecule has 2 aliphatic rings. The summed E-state index contributed by atoms with van der Waals surface area (Å²) in [6.45, 7) is 0.988. The third kappa shape index (κ3) is 3.50. The van der Waals surface area contributed by atoms with Crippen LogP contribution in [0.2, 0.25) is 0 Å². The Kier molecular flexibility index (Phi) is 4.56. The number of amides is 3. The van der Waals surface area contributed by atoms with E-state index in [1.807, 2.05) is 24.3 Å². The zero-order valence-corrected chi connectivity index (χ0v) is 13.5. The van der Waals surface area contributed by atoms with Crippen LogP contribution in [0.5, 0.6) is 0 Å². The monoisotopic (exact) mass is 333 g/mol. The molecule has 0 bridgehead atoms. The van der Waals surface area contributed by atoms with Crippen molar-refractivity contribution in [3.63, 3.8) is 0 Å². The van der Waals surface area contributed by atoms with Gasteiger partial charge in [-0.1, -0.05) is 12.1 Å². The summed E-state index contributed by atoms with van der Waals surface area (Å²) in [5, 5.41) is 2.40. The van der Waals surface area contributed by atoms with Crippen molar-refractivity contribution in [3.05, 3.63) is 24.3 Å². The van der Waals surface area contributed by atoms with Crippen molar-refractivity contribution in [3.8, 4) is 0 Å². The number of thioether (sulfide) groups is 1. The van der Waals surface area contributed by atoms with Gasteiger partial charge in [0.25, 0.3) is 0 Å². The van der Waals surface area contributed by atoms with E-state index in [9.17, 15) is 14.4 Å². The summed E-state index contributed by atoms with van der Waals surface area (Å²) in [6, 6.07) is 7.55. The minimum absolute atomic E-state index is 0.0945. The van der Waals surface area contributed by atoms with Gasteiger partial charge in [0, 0.05) is 24.4 Å². The molecular weight excluding hydrogens is 314 g/mol. The molecule has 2 unspecified atom stereocenters. The molecule has 2 atom stereocenters. The number of para-hydroxylation sites is 1. The minimum Gasteiger partial charge on any atom is -0.369 e. The summed E-state index contributed by atoms with van der Waals surface area (Å²) in [4.78, 5) is 38.6. The van der Waals surface area contributed by atoms with Crippen molar-refractivity contribution in [2.75, 3.05) is 18.4 Å². The average Bonchev–Trinajstić information content (AvgIpc) is 2.55. The first-order valence-electron chi connectivity index (χ1n) is 7.68. The van der Waals surface area contributed by atoms with E-state index < -0.39 is 5.25 Å². The lowest BCUT2D eigenvalue weighted by molar-refractivity contribution is -0.136. The van der Waals surface area contributed by atoms with Crippen LogP contribution in [0.25, 0.3) is 0 Å². The Morgan fingerprint density at radius 3 is 2.91 bits per heavy atom. The van der Waals surface area contributed by atoms with Crippen LogP contribution >= 0.6 is 11.8 Å². The molecule has 0 aromatic heterocycles. The van der Waals surface area contributed by atoms with Crippen molar-refractivity contribution in [1.82, 2.24) is 4.90 Å². The standard InChI is InChI=1S/C16H19N3O3S/c17-15(21)10-4-3-7-19(9-10)14(20)8-13-16(22)18-11-5-1-2-6-12(11)23-13/h1-2,5-6,10,13H,3-4,7-9H2,(H2,17,21)(H,18,22). The van der Waals surface area contributed by atoms with Gasteiger partial charge in [-0.15, -0.1) is 11.8 Å². The quantitative estimate of drug-likeness (QED) is 0.870. The molecule has 1 saturated heterocycles. The molecule has 0 aliphatic carbocycles. The molecule has 3 rings (SSSR count). The van der Waals surface area contributed by atoms with Gasteiger partial charge in [0.2, 0.25) is 17.7 Å². The van der Waals surface area contributed by atoms with Crippen LogP contribution in [0.4, 0.5) is 5.69 Å². The number of nitrogens with two attached hydrogens (primary N) is 1. The zero-order chi connectivity index (χ0) is 16.4. The summed E-state index contributed by atoms with van der Waals surface area (Å²) < 4.78 is 0. The summed E-state index contributed by atoms with van der Waals surface area (Å²) >= 11 is 1.41. The molecule has 1 fully saturated rings. The van der Waals surface area contributed by atoms with Gasteiger partial charge in [0.05, 0.1) is 16.9 Å². The van der Waals surface area contributed by atoms with E-state index in [0.29, 0.717) is 13.1 Å². The van der Waals surface area contributed by atoms with E-state index >= 15 is 0 Å². The second kappa shape index (κ2) is 6.62. The van der Waals surface area contributed by atoms with Gasteiger partial charge in [-0.3, -0.25) is 14.4 Å². The SMILES string of the molecule is NC(=O)C1CCCN(C(=O)CC2Sc3ccccc3NC2=O)C1. The van der Waals surface area contributed by atoms with Gasteiger partial charge >= 0.3 is 0 Å². The summed E-state index contributed by atoms with van der Waals surface area (Å²) in [6.07, 6.45) is 1.63. The second-order valence-corrected chi connectivity index (χ2v) is 7.12. The maximum atomic E-state index is 12.5. The van der Waals surface area contributed by atoms with E-state index in [4.69, 9.17) is 5.73 Å². The van der Waals surface area contributed by atoms with Crippen LogP contribution in [0, 0.1) is 5.92 Å². The molecule has 3 N–H and O–H groups in total. The predicted molar refractivity (Wildman–Crippen MR) is 87.8 cm³/mol. The average molecular weight is 333 g/mol. The van der Waals surface area contributed by atoms with Crippen LogP contribution in [-0.2, 0) is 14.4 Å². The number of piperidine rings is 1. The minimum atomic E-state index is -0.439. The highest BCUT2D eigenvalue weighted by Crippen LogP contribution is 2.37. The lowest BCUT2D eigenvalue weighted by Crippen LogP contribution is -2.45. The number of carbonyl (C=O) groups excluding carboxylic acids is 3. The first kappa shape index (κ1) is 15.9. The number of hydrogen-bond acceptors (Lipinski definition) is 4. The molecular formula is C16H19N3O3S. The van der Waals surface area contributed by atoms with Gasteiger partial charge < -0.3 is 16.0 Å². The Balaban J connectivity index is 1.64. The summed E-state index contributed by atoms with van der Waals surface area (Å²) in [7, 11) is 0. The smallest absolute Gasteiger partial charge is 0.238 e. The fourth-order valence-electron chi connectivity index (χ4n) is 2.95. The van der Waals surface area contributed by atoms with Crippen LogP contribution in [0.3, 0.4) is 0 Å². The number of primary amides is 1. The number of nitrogens with zero attached hydrogens (tertiary/aromatic N) is 1. The van der Waals surface area contributed by atoms with E-state index in [-0.39, 0.29) is 30.1 Å². The fraction of sp³-hybridized carbons (Fsp3) is 0.438. The molecule has 3 amide bonds. The Labute approximate surface area is 138 Å². The number of nitrogens with one attached hydrogen (secondary N) is 1. The Morgan fingerprint density at radius 2 is 2.13 bits per heavy atom.